The predicted molar refractivity (Wildman–Crippen MR) is 75.4 cm³/mol. The number of halogens is 3. The van der Waals surface area contributed by atoms with Gasteiger partial charge in [0.15, 0.2) is 5.69 Å². The Bertz CT molecular complexity index is 630. The average Bonchev–Trinajstić information content (AvgIpc) is 2.83. The van der Waals surface area contributed by atoms with E-state index in [1.165, 1.54) is 6.20 Å². The molecule has 0 saturated carbocycles. The number of nitrogens with one attached hydrogen (secondary N) is 1. The van der Waals surface area contributed by atoms with E-state index in [2.05, 4.69) is 10.4 Å². The number of alkyl halides is 3. The van der Waals surface area contributed by atoms with Crippen molar-refractivity contribution in [1.82, 2.24) is 15.1 Å². The molecule has 0 aliphatic carbocycles. The molecule has 0 unspecified atom stereocenters. The molecule has 0 bridgehead atoms. The first-order valence-corrected chi connectivity index (χ1v) is 6.77. The van der Waals surface area contributed by atoms with Gasteiger partial charge in [0.2, 0.25) is 0 Å². The zero-order valence-electron chi connectivity index (χ0n) is 12.3. The topological polar surface area (TPSA) is 29.9 Å². The zero-order chi connectivity index (χ0) is 15.6. The van der Waals surface area contributed by atoms with Crippen molar-refractivity contribution in [3.05, 3.63) is 46.8 Å². The van der Waals surface area contributed by atoms with E-state index in [0.717, 1.165) is 15.8 Å². The molecule has 0 saturated heterocycles. The Balaban J connectivity index is 2.59. The molecule has 1 aromatic carbocycles. The second kappa shape index (κ2) is 5.89. The molecule has 0 aliphatic heterocycles. The summed E-state index contributed by atoms with van der Waals surface area (Å²) in [6.45, 7) is 6.27. The second-order valence-corrected chi connectivity index (χ2v) is 4.93. The number of aryl methyl sites for hydroxylation is 1. The summed E-state index contributed by atoms with van der Waals surface area (Å²) in [5, 5.41) is 6.88. The third kappa shape index (κ3) is 3.10. The maximum absolute atomic E-state index is 13.4. The Hall–Kier alpha value is -1.82. The fourth-order valence-electron chi connectivity index (χ4n) is 2.22. The summed E-state index contributed by atoms with van der Waals surface area (Å²) in [6, 6.07) is 5.26. The standard InChI is InChI=1S/C15H18F3N3/c1-4-19-8-12-9-20-21(14(12)15(16,17)18)13-7-5-6-10(2)11(13)3/h5-7,9,19H,4,8H2,1-3H3. The summed E-state index contributed by atoms with van der Waals surface area (Å²) in [4.78, 5) is 0. The first kappa shape index (κ1) is 15.6. The fraction of sp³-hybridized carbons (Fsp3) is 0.400. The molecular formula is C15H18F3N3. The average molecular weight is 297 g/mol. The van der Waals surface area contributed by atoms with Crippen LogP contribution >= 0.6 is 0 Å². The molecule has 0 radical (unpaired) electrons. The van der Waals surface area contributed by atoms with Crippen LogP contribution in [0.1, 0.15) is 29.3 Å². The highest BCUT2D eigenvalue weighted by atomic mass is 19.4. The van der Waals surface area contributed by atoms with Crippen LogP contribution in [0, 0.1) is 13.8 Å². The fourth-order valence-corrected chi connectivity index (χ4v) is 2.22. The van der Waals surface area contributed by atoms with Gasteiger partial charge in [0.1, 0.15) is 0 Å². The Kier molecular flexibility index (Phi) is 4.37. The van der Waals surface area contributed by atoms with Gasteiger partial charge in [-0.25, -0.2) is 4.68 Å². The van der Waals surface area contributed by atoms with Crippen molar-refractivity contribution in [2.75, 3.05) is 6.54 Å². The van der Waals surface area contributed by atoms with E-state index in [1.807, 2.05) is 19.9 Å². The lowest BCUT2D eigenvalue weighted by Gasteiger charge is -2.15. The zero-order valence-corrected chi connectivity index (χ0v) is 12.3. The summed E-state index contributed by atoms with van der Waals surface area (Å²) in [5.41, 5.74) is 1.64. The van der Waals surface area contributed by atoms with Crippen molar-refractivity contribution in [3.8, 4) is 5.69 Å². The van der Waals surface area contributed by atoms with Crippen LogP contribution < -0.4 is 5.32 Å². The molecule has 0 amide bonds. The van der Waals surface area contributed by atoms with Crippen LogP contribution in [0.2, 0.25) is 0 Å². The molecule has 1 aromatic heterocycles. The molecule has 0 spiro atoms. The van der Waals surface area contributed by atoms with E-state index >= 15 is 0 Å². The van der Waals surface area contributed by atoms with Gasteiger partial charge < -0.3 is 5.32 Å². The summed E-state index contributed by atoms with van der Waals surface area (Å²) < 4.78 is 41.2. The highest BCUT2D eigenvalue weighted by Crippen LogP contribution is 2.34. The van der Waals surface area contributed by atoms with Gasteiger partial charge in [0.25, 0.3) is 0 Å². The molecule has 0 aliphatic rings. The SMILES string of the molecule is CCNCc1cnn(-c2cccc(C)c2C)c1C(F)(F)F. The summed E-state index contributed by atoms with van der Waals surface area (Å²) in [5.74, 6) is 0. The summed E-state index contributed by atoms with van der Waals surface area (Å²) in [7, 11) is 0. The van der Waals surface area contributed by atoms with E-state index < -0.39 is 11.9 Å². The summed E-state index contributed by atoms with van der Waals surface area (Å²) in [6.07, 6.45) is -3.16. The molecule has 3 nitrogen and oxygen atoms in total. The smallest absolute Gasteiger partial charge is 0.313 e. The van der Waals surface area contributed by atoms with E-state index in [1.54, 1.807) is 19.1 Å². The molecule has 2 rings (SSSR count). The van der Waals surface area contributed by atoms with Crippen molar-refractivity contribution < 1.29 is 13.2 Å². The van der Waals surface area contributed by atoms with Crippen molar-refractivity contribution in [2.45, 2.75) is 33.5 Å². The maximum atomic E-state index is 13.4. The predicted octanol–water partition coefficient (Wildman–Crippen LogP) is 3.62. The van der Waals surface area contributed by atoms with Crippen molar-refractivity contribution in [2.24, 2.45) is 0 Å². The minimum Gasteiger partial charge on any atom is -0.313 e. The lowest BCUT2D eigenvalue weighted by Crippen LogP contribution is -2.19. The third-order valence-electron chi connectivity index (χ3n) is 3.48. The number of nitrogens with zero attached hydrogens (tertiary/aromatic N) is 2. The monoisotopic (exact) mass is 297 g/mol. The maximum Gasteiger partial charge on any atom is 0.433 e. The minimum atomic E-state index is -4.45. The van der Waals surface area contributed by atoms with Gasteiger partial charge in [-0.05, 0) is 37.6 Å². The molecule has 2 aromatic rings. The number of rotatable bonds is 4. The van der Waals surface area contributed by atoms with Crippen LogP contribution in [0.4, 0.5) is 13.2 Å². The molecule has 21 heavy (non-hydrogen) atoms. The number of aromatic nitrogens is 2. The molecule has 1 N–H and O–H groups in total. The highest BCUT2D eigenvalue weighted by Gasteiger charge is 2.38. The van der Waals surface area contributed by atoms with E-state index in [0.29, 0.717) is 12.2 Å². The Morgan fingerprint density at radius 2 is 1.95 bits per heavy atom. The van der Waals surface area contributed by atoms with E-state index in [4.69, 9.17) is 0 Å². The normalized spacial score (nSPS) is 11.9. The van der Waals surface area contributed by atoms with Crippen molar-refractivity contribution >= 4 is 0 Å². The van der Waals surface area contributed by atoms with Gasteiger partial charge in [-0.15, -0.1) is 0 Å². The van der Waals surface area contributed by atoms with Crippen molar-refractivity contribution in [3.63, 3.8) is 0 Å². The molecule has 0 atom stereocenters. The molecule has 1 heterocycles. The summed E-state index contributed by atoms with van der Waals surface area (Å²) >= 11 is 0. The molecule has 114 valence electrons. The first-order chi connectivity index (χ1) is 9.86. The van der Waals surface area contributed by atoms with Gasteiger partial charge in [0.05, 0.1) is 11.9 Å². The van der Waals surface area contributed by atoms with Gasteiger partial charge in [-0.3, -0.25) is 0 Å². The van der Waals surface area contributed by atoms with Crippen molar-refractivity contribution in [1.29, 1.82) is 0 Å². The first-order valence-electron chi connectivity index (χ1n) is 6.77. The Morgan fingerprint density at radius 1 is 1.24 bits per heavy atom. The van der Waals surface area contributed by atoms with Crippen LogP contribution in [0.5, 0.6) is 0 Å². The highest BCUT2D eigenvalue weighted by molar-refractivity contribution is 5.46. The van der Waals surface area contributed by atoms with Gasteiger partial charge in [-0.2, -0.15) is 18.3 Å². The van der Waals surface area contributed by atoms with Gasteiger partial charge in [0, 0.05) is 12.1 Å². The van der Waals surface area contributed by atoms with Crippen LogP contribution in [-0.4, -0.2) is 16.3 Å². The van der Waals surface area contributed by atoms with Crippen LogP contribution in [0.3, 0.4) is 0 Å². The minimum absolute atomic E-state index is 0.149. The Labute approximate surface area is 121 Å². The number of hydrogen-bond donors (Lipinski definition) is 1. The quantitative estimate of drug-likeness (QED) is 0.934. The van der Waals surface area contributed by atoms with E-state index in [-0.39, 0.29) is 12.1 Å². The van der Waals surface area contributed by atoms with Crippen LogP contribution in [0.15, 0.2) is 24.4 Å². The second-order valence-electron chi connectivity index (χ2n) is 4.93. The number of benzene rings is 1. The Morgan fingerprint density at radius 3 is 2.57 bits per heavy atom. The lowest BCUT2D eigenvalue weighted by molar-refractivity contribution is -0.143. The molecular weight excluding hydrogens is 279 g/mol. The van der Waals surface area contributed by atoms with Gasteiger partial charge in [-0.1, -0.05) is 19.1 Å². The van der Waals surface area contributed by atoms with E-state index in [9.17, 15) is 13.2 Å². The lowest BCUT2D eigenvalue weighted by atomic mass is 10.1. The number of hydrogen-bond acceptors (Lipinski definition) is 2. The van der Waals surface area contributed by atoms with Gasteiger partial charge >= 0.3 is 6.18 Å². The molecule has 6 heteroatoms. The third-order valence-corrected chi connectivity index (χ3v) is 3.48. The molecule has 0 fully saturated rings. The van der Waals surface area contributed by atoms with Crippen LogP contribution in [0.25, 0.3) is 5.69 Å². The largest absolute Gasteiger partial charge is 0.433 e. The van der Waals surface area contributed by atoms with Crippen LogP contribution in [-0.2, 0) is 12.7 Å².